The van der Waals surface area contributed by atoms with Crippen LogP contribution >= 0.6 is 11.3 Å². The molecule has 2 N–H and O–H groups in total. The molecule has 5 aromatic rings. The minimum Gasteiger partial charge on any atom is -0.480 e. The van der Waals surface area contributed by atoms with Gasteiger partial charge in [0.15, 0.2) is 5.13 Å². The van der Waals surface area contributed by atoms with Gasteiger partial charge in [0, 0.05) is 16.9 Å². The standard InChI is InChI=1S/C32H24N2O3S/c1-31(28(35)34-30-33-26(17-38-30)21-14-8-10-19-9-2-3-11-20(19)21)18-32(29(36)37)24-15-6-4-12-22(24)27(31)23-13-5-7-16-25(23)32/h2-17,27H,18H2,1H3,(H,36,37)(H,33,34,35). The first kappa shape index (κ1) is 22.9. The molecule has 0 saturated carbocycles. The van der Waals surface area contributed by atoms with E-state index in [2.05, 4.69) is 23.5 Å². The molecular weight excluding hydrogens is 492 g/mol. The number of thiazole rings is 1. The molecule has 0 fully saturated rings. The third kappa shape index (κ3) is 3.01. The molecule has 3 aliphatic carbocycles. The topological polar surface area (TPSA) is 79.3 Å². The maximum Gasteiger partial charge on any atom is 0.318 e. The van der Waals surface area contributed by atoms with Crippen molar-refractivity contribution in [3.63, 3.8) is 0 Å². The first-order chi connectivity index (χ1) is 18.4. The van der Waals surface area contributed by atoms with Gasteiger partial charge in [-0.05, 0) is 46.4 Å². The molecule has 1 heterocycles. The lowest BCUT2D eigenvalue weighted by Crippen LogP contribution is -2.57. The van der Waals surface area contributed by atoms with Crippen LogP contribution in [0.2, 0.25) is 0 Å². The summed E-state index contributed by atoms with van der Waals surface area (Å²) in [6, 6.07) is 29.6. The zero-order valence-corrected chi connectivity index (χ0v) is 21.5. The van der Waals surface area contributed by atoms with Crippen molar-refractivity contribution in [2.45, 2.75) is 24.7 Å². The summed E-state index contributed by atoms with van der Waals surface area (Å²) < 4.78 is 0. The Balaban J connectivity index is 1.30. The molecule has 4 aromatic carbocycles. The summed E-state index contributed by atoms with van der Waals surface area (Å²) in [5.74, 6) is -1.40. The average Bonchev–Trinajstić information content (AvgIpc) is 3.41. The molecule has 186 valence electrons. The molecule has 3 aliphatic rings. The van der Waals surface area contributed by atoms with E-state index in [1.807, 2.05) is 85.1 Å². The van der Waals surface area contributed by atoms with Crippen LogP contribution in [0.4, 0.5) is 5.13 Å². The molecule has 0 radical (unpaired) electrons. The summed E-state index contributed by atoms with van der Waals surface area (Å²) in [6.07, 6.45) is 0.182. The van der Waals surface area contributed by atoms with Gasteiger partial charge in [-0.25, -0.2) is 4.98 Å². The van der Waals surface area contributed by atoms with Crippen LogP contribution in [0.1, 0.15) is 41.5 Å². The summed E-state index contributed by atoms with van der Waals surface area (Å²) in [7, 11) is 0. The summed E-state index contributed by atoms with van der Waals surface area (Å²) >= 11 is 1.38. The highest BCUT2D eigenvalue weighted by molar-refractivity contribution is 7.14. The van der Waals surface area contributed by atoms with E-state index >= 15 is 0 Å². The molecule has 2 bridgehead atoms. The molecule has 6 heteroatoms. The van der Waals surface area contributed by atoms with Crippen LogP contribution in [0, 0.1) is 5.41 Å². The highest BCUT2D eigenvalue weighted by Crippen LogP contribution is 2.64. The molecule has 1 unspecified atom stereocenters. The number of benzene rings is 4. The van der Waals surface area contributed by atoms with E-state index in [0.717, 1.165) is 44.3 Å². The summed E-state index contributed by atoms with van der Waals surface area (Å²) in [6.45, 7) is 1.90. The second-order valence-electron chi connectivity index (χ2n) is 10.4. The number of aromatic nitrogens is 1. The highest BCUT2D eigenvalue weighted by atomic mass is 32.1. The van der Waals surface area contributed by atoms with Gasteiger partial charge in [0.25, 0.3) is 0 Å². The van der Waals surface area contributed by atoms with Crippen LogP contribution < -0.4 is 5.32 Å². The number of rotatable bonds is 4. The van der Waals surface area contributed by atoms with Crippen molar-refractivity contribution >= 4 is 39.1 Å². The van der Waals surface area contributed by atoms with Crippen molar-refractivity contribution in [3.05, 3.63) is 119 Å². The lowest BCUT2D eigenvalue weighted by atomic mass is 9.46. The Morgan fingerprint density at radius 2 is 1.53 bits per heavy atom. The molecular formula is C32H24N2O3S. The quantitative estimate of drug-likeness (QED) is 0.274. The van der Waals surface area contributed by atoms with Gasteiger partial charge in [-0.2, -0.15) is 0 Å². The van der Waals surface area contributed by atoms with Gasteiger partial charge in [0.05, 0.1) is 11.1 Å². The molecule has 1 amide bonds. The maximum absolute atomic E-state index is 14.1. The smallest absolute Gasteiger partial charge is 0.318 e. The Morgan fingerprint density at radius 1 is 0.895 bits per heavy atom. The number of carboxylic acids is 1. The molecule has 1 aromatic heterocycles. The Morgan fingerprint density at radius 3 is 2.24 bits per heavy atom. The predicted octanol–water partition coefficient (Wildman–Crippen LogP) is 6.83. The zero-order chi connectivity index (χ0) is 26.1. The molecule has 0 spiro atoms. The molecule has 0 aliphatic heterocycles. The minimum atomic E-state index is -1.29. The Kier molecular flexibility index (Phi) is 4.88. The number of nitrogens with one attached hydrogen (secondary N) is 1. The van der Waals surface area contributed by atoms with Crippen LogP contribution in [-0.4, -0.2) is 22.0 Å². The summed E-state index contributed by atoms with van der Waals surface area (Å²) in [5, 5.41) is 18.4. The van der Waals surface area contributed by atoms with E-state index in [0.29, 0.717) is 5.13 Å². The first-order valence-corrected chi connectivity index (χ1v) is 13.5. The average molecular weight is 517 g/mol. The maximum atomic E-state index is 14.1. The fraction of sp³-hybridized carbons (Fsp3) is 0.156. The number of aliphatic carboxylic acids is 1. The van der Waals surface area contributed by atoms with Crippen LogP contribution in [0.5, 0.6) is 0 Å². The molecule has 38 heavy (non-hydrogen) atoms. The van der Waals surface area contributed by atoms with Gasteiger partial charge >= 0.3 is 5.97 Å². The van der Waals surface area contributed by atoms with E-state index in [1.54, 1.807) is 0 Å². The molecule has 0 saturated heterocycles. The van der Waals surface area contributed by atoms with Gasteiger partial charge in [0.1, 0.15) is 5.41 Å². The van der Waals surface area contributed by atoms with Crippen molar-refractivity contribution in [1.82, 2.24) is 4.98 Å². The fourth-order valence-electron chi connectivity index (χ4n) is 6.78. The van der Waals surface area contributed by atoms with E-state index in [9.17, 15) is 14.7 Å². The largest absolute Gasteiger partial charge is 0.480 e. The van der Waals surface area contributed by atoms with Crippen molar-refractivity contribution in [3.8, 4) is 11.3 Å². The Labute approximate surface area is 223 Å². The first-order valence-electron chi connectivity index (χ1n) is 12.6. The lowest BCUT2D eigenvalue weighted by Gasteiger charge is -2.55. The predicted molar refractivity (Wildman–Crippen MR) is 150 cm³/mol. The lowest BCUT2D eigenvalue weighted by molar-refractivity contribution is -0.146. The van der Waals surface area contributed by atoms with Crippen molar-refractivity contribution < 1.29 is 14.7 Å². The number of nitrogens with zero attached hydrogens (tertiary/aromatic N) is 1. The SMILES string of the molecule is CC1(C(=O)Nc2nc(-c3cccc4ccccc34)cs2)CC2(C(=O)O)c3ccccc3C1c1ccccc12. The summed E-state index contributed by atoms with van der Waals surface area (Å²) in [5.41, 5.74) is 2.94. The molecule has 5 nitrogen and oxygen atoms in total. The normalized spacial score (nSPS) is 23.0. The number of carboxylic acid groups (broad SMARTS) is 1. The van der Waals surface area contributed by atoms with Crippen LogP contribution in [-0.2, 0) is 15.0 Å². The Hall–Kier alpha value is -4.29. The van der Waals surface area contributed by atoms with E-state index in [4.69, 9.17) is 4.98 Å². The number of amides is 1. The van der Waals surface area contributed by atoms with Gasteiger partial charge in [-0.1, -0.05) is 91.0 Å². The van der Waals surface area contributed by atoms with Gasteiger partial charge < -0.3 is 10.4 Å². The zero-order valence-electron chi connectivity index (χ0n) is 20.6. The fourth-order valence-corrected chi connectivity index (χ4v) is 7.48. The number of hydrogen-bond donors (Lipinski definition) is 2. The number of hydrogen-bond acceptors (Lipinski definition) is 4. The third-order valence-electron chi connectivity index (χ3n) is 8.41. The molecule has 1 atom stereocenters. The number of anilines is 1. The van der Waals surface area contributed by atoms with Crippen molar-refractivity contribution in [2.24, 2.45) is 5.41 Å². The highest BCUT2D eigenvalue weighted by Gasteiger charge is 2.63. The van der Waals surface area contributed by atoms with Gasteiger partial charge in [0.2, 0.25) is 5.91 Å². The minimum absolute atomic E-state index is 0.182. The van der Waals surface area contributed by atoms with E-state index in [1.165, 1.54) is 11.3 Å². The van der Waals surface area contributed by atoms with E-state index < -0.39 is 16.8 Å². The number of carbonyl (C=O) groups excluding carboxylic acids is 1. The van der Waals surface area contributed by atoms with Crippen molar-refractivity contribution in [2.75, 3.05) is 5.32 Å². The summed E-state index contributed by atoms with van der Waals surface area (Å²) in [4.78, 5) is 31.9. The Bertz CT molecular complexity index is 1720. The number of carbonyl (C=O) groups is 2. The van der Waals surface area contributed by atoms with Crippen LogP contribution in [0.25, 0.3) is 22.0 Å². The van der Waals surface area contributed by atoms with Crippen LogP contribution in [0.15, 0.2) is 96.4 Å². The second kappa shape index (κ2) is 8.10. The van der Waals surface area contributed by atoms with Crippen LogP contribution in [0.3, 0.4) is 0 Å². The van der Waals surface area contributed by atoms with Crippen molar-refractivity contribution in [1.29, 1.82) is 0 Å². The molecule has 8 rings (SSSR count). The number of fused-ring (bicyclic) bond motifs is 2. The van der Waals surface area contributed by atoms with Gasteiger partial charge in [-0.15, -0.1) is 11.3 Å². The second-order valence-corrected chi connectivity index (χ2v) is 11.3. The van der Waals surface area contributed by atoms with E-state index in [-0.39, 0.29) is 18.2 Å². The third-order valence-corrected chi connectivity index (χ3v) is 9.16. The monoisotopic (exact) mass is 516 g/mol. The van der Waals surface area contributed by atoms with Gasteiger partial charge in [-0.3, -0.25) is 9.59 Å².